The first kappa shape index (κ1) is 21.5. The molecule has 3 N–H and O–H groups in total. The Morgan fingerprint density at radius 3 is 2.34 bits per heavy atom. The van der Waals surface area contributed by atoms with Crippen LogP contribution in [0.3, 0.4) is 0 Å². The van der Waals surface area contributed by atoms with E-state index in [1.807, 2.05) is 6.07 Å². The summed E-state index contributed by atoms with van der Waals surface area (Å²) in [6.07, 6.45) is 3.50. The Labute approximate surface area is 188 Å². The van der Waals surface area contributed by atoms with Crippen LogP contribution in [0.5, 0.6) is 0 Å². The second-order valence-electron chi connectivity index (χ2n) is 6.78. The number of hydrogen-bond donors (Lipinski definition) is 3. The number of carbonyl (C=O) groups is 1. The summed E-state index contributed by atoms with van der Waals surface area (Å²) in [5, 5.41) is 2.79. The minimum absolute atomic E-state index is 0.0257. The number of aromatic nitrogens is 2. The van der Waals surface area contributed by atoms with Gasteiger partial charge in [0.25, 0.3) is 15.9 Å². The predicted octanol–water partition coefficient (Wildman–Crippen LogP) is 4.73. The molecule has 0 aliphatic rings. The van der Waals surface area contributed by atoms with Gasteiger partial charge in [-0.2, -0.15) is 0 Å². The van der Waals surface area contributed by atoms with Crippen LogP contribution in [0, 0.1) is 10.6 Å². The number of halogens is 1. The summed E-state index contributed by atoms with van der Waals surface area (Å²) in [5.74, 6) is -0.861. The summed E-state index contributed by atoms with van der Waals surface area (Å²) in [7, 11) is -3.88. The number of benzene rings is 3. The lowest BCUT2D eigenvalue weighted by molar-refractivity contribution is 0.102. The van der Waals surface area contributed by atoms with E-state index in [0.29, 0.717) is 10.5 Å². The van der Waals surface area contributed by atoms with Crippen LogP contribution in [0.1, 0.15) is 10.4 Å². The number of hydrogen-bond acceptors (Lipinski definition) is 4. The van der Waals surface area contributed by atoms with E-state index in [1.165, 1.54) is 36.4 Å². The molecule has 3 aromatic carbocycles. The van der Waals surface area contributed by atoms with Crippen molar-refractivity contribution >= 4 is 39.5 Å². The number of nitrogens with zero attached hydrogens (tertiary/aromatic N) is 1. The highest BCUT2D eigenvalue weighted by atomic mass is 32.2. The van der Waals surface area contributed by atoms with Crippen molar-refractivity contribution in [3.63, 3.8) is 0 Å². The zero-order chi connectivity index (χ0) is 22.7. The van der Waals surface area contributed by atoms with Gasteiger partial charge in [-0.3, -0.25) is 14.1 Å². The molecule has 0 saturated carbocycles. The second-order valence-corrected chi connectivity index (χ2v) is 8.85. The largest absolute Gasteiger partial charge is 0.337 e. The zero-order valence-corrected chi connectivity index (χ0v) is 18.1. The molecule has 1 aromatic heterocycles. The van der Waals surface area contributed by atoms with Gasteiger partial charge < -0.3 is 10.3 Å². The standard InChI is InChI=1S/C22H17FN4O3S2/c23-16-6-8-17(9-7-16)26-32(29,30)20-10-4-15(5-11-20)21(28)25-18-2-1-3-19(14-18)27-13-12-24-22(27)31/h1-14,26H,(H,24,31)(H,25,28). The molecule has 0 saturated heterocycles. The van der Waals surface area contributed by atoms with E-state index in [9.17, 15) is 17.6 Å². The van der Waals surface area contributed by atoms with Crippen molar-refractivity contribution in [3.8, 4) is 5.69 Å². The maximum atomic E-state index is 13.0. The molecule has 7 nitrogen and oxygen atoms in total. The molecule has 4 aromatic rings. The van der Waals surface area contributed by atoms with Gasteiger partial charge in [0.15, 0.2) is 4.77 Å². The third kappa shape index (κ3) is 4.76. The van der Waals surface area contributed by atoms with Crippen LogP contribution in [-0.4, -0.2) is 23.9 Å². The van der Waals surface area contributed by atoms with E-state index in [-0.39, 0.29) is 16.1 Å². The van der Waals surface area contributed by atoms with Crippen molar-refractivity contribution in [1.29, 1.82) is 0 Å². The van der Waals surface area contributed by atoms with Gasteiger partial charge in [-0.1, -0.05) is 6.07 Å². The number of aromatic amines is 1. The maximum absolute atomic E-state index is 13.0. The minimum Gasteiger partial charge on any atom is -0.337 e. The van der Waals surface area contributed by atoms with Crippen molar-refractivity contribution in [2.24, 2.45) is 0 Å². The second kappa shape index (κ2) is 8.77. The Morgan fingerprint density at radius 2 is 1.69 bits per heavy atom. The molecule has 10 heteroatoms. The fourth-order valence-electron chi connectivity index (χ4n) is 2.98. The number of H-pyrrole nitrogens is 1. The molecular weight excluding hydrogens is 451 g/mol. The lowest BCUT2D eigenvalue weighted by Crippen LogP contribution is -2.15. The maximum Gasteiger partial charge on any atom is 0.261 e. The summed E-state index contributed by atoms with van der Waals surface area (Å²) in [4.78, 5) is 15.5. The Balaban J connectivity index is 1.48. The van der Waals surface area contributed by atoms with Crippen molar-refractivity contribution in [3.05, 3.63) is 101 Å². The normalized spacial score (nSPS) is 11.2. The molecule has 0 bridgehead atoms. The highest BCUT2D eigenvalue weighted by Crippen LogP contribution is 2.19. The van der Waals surface area contributed by atoms with Crippen LogP contribution in [0.15, 0.2) is 90.1 Å². The molecule has 32 heavy (non-hydrogen) atoms. The van der Waals surface area contributed by atoms with Crippen molar-refractivity contribution < 1.29 is 17.6 Å². The molecule has 1 heterocycles. The monoisotopic (exact) mass is 468 g/mol. The van der Waals surface area contributed by atoms with Gasteiger partial charge in [0, 0.05) is 35.0 Å². The predicted molar refractivity (Wildman–Crippen MR) is 123 cm³/mol. The summed E-state index contributed by atoms with van der Waals surface area (Å²) in [5.41, 5.74) is 1.86. The molecule has 162 valence electrons. The fourth-order valence-corrected chi connectivity index (χ4v) is 4.27. The quantitative estimate of drug-likeness (QED) is 0.357. The number of anilines is 2. The van der Waals surface area contributed by atoms with Crippen LogP contribution < -0.4 is 10.0 Å². The van der Waals surface area contributed by atoms with Gasteiger partial charge in [0.2, 0.25) is 0 Å². The number of nitrogens with one attached hydrogen (secondary N) is 3. The summed E-state index contributed by atoms with van der Waals surface area (Å²) in [6.45, 7) is 0. The van der Waals surface area contributed by atoms with E-state index >= 15 is 0 Å². The Kier molecular flexibility index (Phi) is 5.89. The molecule has 0 aliphatic carbocycles. The van der Waals surface area contributed by atoms with E-state index < -0.39 is 21.7 Å². The van der Waals surface area contributed by atoms with Crippen LogP contribution in [0.2, 0.25) is 0 Å². The minimum atomic E-state index is -3.88. The smallest absolute Gasteiger partial charge is 0.261 e. The van der Waals surface area contributed by atoms with E-state index in [0.717, 1.165) is 17.8 Å². The Bertz CT molecular complexity index is 1430. The molecule has 0 atom stereocenters. The van der Waals surface area contributed by atoms with Crippen LogP contribution in [0.4, 0.5) is 15.8 Å². The highest BCUT2D eigenvalue weighted by molar-refractivity contribution is 7.92. The third-order valence-electron chi connectivity index (χ3n) is 4.55. The zero-order valence-electron chi connectivity index (χ0n) is 16.4. The first-order chi connectivity index (χ1) is 15.3. The molecular formula is C22H17FN4O3S2. The van der Waals surface area contributed by atoms with Crippen LogP contribution >= 0.6 is 12.2 Å². The first-order valence-corrected chi connectivity index (χ1v) is 11.3. The van der Waals surface area contributed by atoms with Gasteiger partial charge in [-0.05, 0) is 78.9 Å². The topological polar surface area (TPSA) is 96.0 Å². The summed E-state index contributed by atoms with van der Waals surface area (Å²) in [6, 6.07) is 17.6. The average Bonchev–Trinajstić information content (AvgIpc) is 3.21. The van der Waals surface area contributed by atoms with E-state index in [4.69, 9.17) is 12.2 Å². The van der Waals surface area contributed by atoms with Gasteiger partial charge in [0.05, 0.1) is 4.90 Å². The molecule has 0 unspecified atom stereocenters. The lowest BCUT2D eigenvalue weighted by atomic mass is 10.2. The van der Waals surface area contributed by atoms with Crippen molar-refractivity contribution in [2.45, 2.75) is 4.90 Å². The molecule has 0 aliphatic heterocycles. The van der Waals surface area contributed by atoms with Crippen molar-refractivity contribution in [2.75, 3.05) is 10.0 Å². The highest BCUT2D eigenvalue weighted by Gasteiger charge is 2.15. The number of rotatable bonds is 6. The van der Waals surface area contributed by atoms with Gasteiger partial charge in [0.1, 0.15) is 5.82 Å². The van der Waals surface area contributed by atoms with Gasteiger partial charge in [-0.15, -0.1) is 0 Å². The first-order valence-electron chi connectivity index (χ1n) is 9.38. The van der Waals surface area contributed by atoms with Gasteiger partial charge >= 0.3 is 0 Å². The SMILES string of the molecule is O=C(Nc1cccc(-n2cc[nH]c2=S)c1)c1ccc(S(=O)(=O)Nc2ccc(F)cc2)cc1. The average molecular weight is 469 g/mol. The molecule has 0 spiro atoms. The van der Waals surface area contributed by atoms with Crippen LogP contribution in [0.25, 0.3) is 5.69 Å². The van der Waals surface area contributed by atoms with Crippen molar-refractivity contribution in [1.82, 2.24) is 9.55 Å². The van der Waals surface area contributed by atoms with E-state index in [1.54, 1.807) is 35.2 Å². The third-order valence-corrected chi connectivity index (χ3v) is 6.27. The van der Waals surface area contributed by atoms with E-state index in [2.05, 4.69) is 15.0 Å². The summed E-state index contributed by atoms with van der Waals surface area (Å²) >= 11 is 5.21. The number of carbonyl (C=O) groups excluding carboxylic acids is 1. The number of amides is 1. The molecule has 4 rings (SSSR count). The van der Waals surface area contributed by atoms with Crippen LogP contribution in [-0.2, 0) is 10.0 Å². The number of imidazole rings is 1. The number of sulfonamides is 1. The Hall–Kier alpha value is -3.76. The molecule has 0 radical (unpaired) electrons. The molecule has 1 amide bonds. The fraction of sp³-hybridized carbons (Fsp3) is 0. The summed E-state index contributed by atoms with van der Waals surface area (Å²) < 4.78 is 42.7. The lowest BCUT2D eigenvalue weighted by Gasteiger charge is -2.10. The Morgan fingerprint density at radius 1 is 0.969 bits per heavy atom. The van der Waals surface area contributed by atoms with Gasteiger partial charge in [-0.25, -0.2) is 12.8 Å². The molecule has 0 fully saturated rings.